The first-order valence-electron chi connectivity index (χ1n) is 9.11. The maximum atomic E-state index is 12.4. The van der Waals surface area contributed by atoms with Gasteiger partial charge in [-0.2, -0.15) is 4.98 Å². The second kappa shape index (κ2) is 10.3. The molecule has 1 saturated heterocycles. The van der Waals surface area contributed by atoms with E-state index in [0.29, 0.717) is 37.0 Å². The van der Waals surface area contributed by atoms with Crippen LogP contribution in [-0.4, -0.2) is 54.2 Å². The van der Waals surface area contributed by atoms with Gasteiger partial charge in [0.2, 0.25) is 17.6 Å². The Morgan fingerprint density at radius 1 is 1.37 bits per heavy atom. The zero-order valence-electron chi connectivity index (χ0n) is 15.8. The summed E-state index contributed by atoms with van der Waals surface area (Å²) in [6.45, 7) is 1.66. The van der Waals surface area contributed by atoms with Gasteiger partial charge in [0.1, 0.15) is 5.75 Å². The number of carbonyl (C=O) groups excluding carboxylic acids is 1. The average molecular weight is 395 g/mol. The molecule has 1 aliphatic heterocycles. The van der Waals surface area contributed by atoms with Crippen LogP contribution >= 0.6 is 12.4 Å². The molecule has 27 heavy (non-hydrogen) atoms. The summed E-state index contributed by atoms with van der Waals surface area (Å²) in [7, 11) is 3.58. The molecule has 1 fully saturated rings. The molecule has 1 atom stereocenters. The number of aromatic nitrogens is 2. The Morgan fingerprint density at radius 3 is 2.85 bits per heavy atom. The third-order valence-electron chi connectivity index (χ3n) is 4.78. The maximum Gasteiger partial charge on any atom is 0.226 e. The number of hydrogen-bond acceptors (Lipinski definition) is 6. The van der Waals surface area contributed by atoms with Crippen LogP contribution in [-0.2, 0) is 11.2 Å². The summed E-state index contributed by atoms with van der Waals surface area (Å²) in [5, 5.41) is 7.28. The van der Waals surface area contributed by atoms with Crippen molar-refractivity contribution in [3.63, 3.8) is 0 Å². The molecule has 1 aromatic heterocycles. The van der Waals surface area contributed by atoms with Gasteiger partial charge in [-0.05, 0) is 50.6 Å². The summed E-state index contributed by atoms with van der Waals surface area (Å²) < 4.78 is 10.5. The van der Waals surface area contributed by atoms with Crippen LogP contribution in [0.2, 0.25) is 0 Å². The van der Waals surface area contributed by atoms with Crippen LogP contribution in [0.3, 0.4) is 0 Å². The highest BCUT2D eigenvalue weighted by molar-refractivity contribution is 5.85. The maximum absolute atomic E-state index is 12.4. The summed E-state index contributed by atoms with van der Waals surface area (Å²) in [6, 6.07) is 7.93. The fraction of sp³-hybridized carbons (Fsp3) is 0.526. The van der Waals surface area contributed by atoms with Crippen LogP contribution in [0.15, 0.2) is 28.8 Å². The highest BCUT2D eigenvalue weighted by Crippen LogP contribution is 2.20. The molecule has 2 aromatic rings. The molecule has 0 saturated carbocycles. The molecule has 7 nitrogen and oxygen atoms in total. The van der Waals surface area contributed by atoms with E-state index in [0.717, 1.165) is 37.2 Å². The number of likely N-dealkylation sites (N-methyl/N-ethyl adjacent to an activating group) is 1. The van der Waals surface area contributed by atoms with E-state index in [1.165, 1.54) is 0 Å². The zero-order valence-corrected chi connectivity index (χ0v) is 16.6. The average Bonchev–Trinajstić information content (AvgIpc) is 3.17. The number of aryl methyl sites for hydroxylation is 1. The summed E-state index contributed by atoms with van der Waals surface area (Å²) >= 11 is 0. The van der Waals surface area contributed by atoms with Gasteiger partial charge >= 0.3 is 0 Å². The normalized spacial score (nSPS) is 16.7. The number of nitrogens with zero attached hydrogens (tertiary/aromatic N) is 3. The largest absolute Gasteiger partial charge is 0.497 e. The Kier molecular flexibility index (Phi) is 8.06. The standard InChI is InChI=1S/C19H26N4O3.ClH/c1-20-15-5-4-12-23(13-15)18(24)7-3-6-17-21-19(22-26-17)14-8-10-16(25-2)11-9-14;/h8-11,15,20H,3-7,12-13H2,1-2H3;1H. The number of halogens is 1. The van der Waals surface area contributed by atoms with Gasteiger partial charge in [-0.15, -0.1) is 12.4 Å². The third kappa shape index (κ3) is 5.68. The number of piperidine rings is 1. The number of hydrogen-bond donors (Lipinski definition) is 1. The molecule has 8 heteroatoms. The summed E-state index contributed by atoms with van der Waals surface area (Å²) in [4.78, 5) is 18.7. The Labute approximate surface area is 165 Å². The van der Waals surface area contributed by atoms with Gasteiger partial charge in [0.25, 0.3) is 0 Å². The van der Waals surface area contributed by atoms with Crippen molar-refractivity contribution in [3.8, 4) is 17.1 Å². The first-order valence-corrected chi connectivity index (χ1v) is 9.11. The van der Waals surface area contributed by atoms with Crippen LogP contribution < -0.4 is 10.1 Å². The van der Waals surface area contributed by atoms with Gasteiger partial charge in [-0.25, -0.2) is 0 Å². The third-order valence-corrected chi connectivity index (χ3v) is 4.78. The van der Waals surface area contributed by atoms with Gasteiger partial charge in [0.05, 0.1) is 7.11 Å². The Balaban J connectivity index is 0.00000261. The molecule has 3 rings (SSSR count). The van der Waals surface area contributed by atoms with Gasteiger partial charge in [0.15, 0.2) is 0 Å². The summed E-state index contributed by atoms with van der Waals surface area (Å²) in [5.41, 5.74) is 0.878. The molecule has 1 unspecified atom stereocenters. The predicted octanol–water partition coefficient (Wildman–Crippen LogP) is 2.70. The van der Waals surface area contributed by atoms with E-state index in [9.17, 15) is 4.79 Å². The number of amides is 1. The first kappa shape index (κ1) is 21.2. The van der Waals surface area contributed by atoms with E-state index in [1.807, 2.05) is 36.2 Å². The SMILES string of the molecule is CNC1CCCN(C(=O)CCCc2nc(-c3ccc(OC)cc3)no2)C1.Cl. The summed E-state index contributed by atoms with van der Waals surface area (Å²) in [6.07, 6.45) is 4.03. The van der Waals surface area contributed by atoms with E-state index in [1.54, 1.807) is 7.11 Å². The number of ether oxygens (including phenoxy) is 1. The van der Waals surface area contributed by atoms with Gasteiger partial charge in [0, 0.05) is 37.5 Å². The van der Waals surface area contributed by atoms with Crippen molar-refractivity contribution in [2.75, 3.05) is 27.2 Å². The minimum Gasteiger partial charge on any atom is -0.497 e. The molecule has 0 aliphatic carbocycles. The van der Waals surface area contributed by atoms with Crippen LogP contribution in [0.4, 0.5) is 0 Å². The van der Waals surface area contributed by atoms with Crippen LogP contribution in [0.25, 0.3) is 11.4 Å². The quantitative estimate of drug-likeness (QED) is 0.777. The van der Waals surface area contributed by atoms with Gasteiger partial charge < -0.3 is 19.5 Å². The lowest BCUT2D eigenvalue weighted by atomic mass is 10.1. The van der Waals surface area contributed by atoms with Crippen LogP contribution in [0, 0.1) is 0 Å². The number of carbonyl (C=O) groups is 1. The summed E-state index contributed by atoms with van der Waals surface area (Å²) in [5.74, 6) is 2.12. The molecule has 1 N–H and O–H groups in total. The van der Waals surface area contributed by atoms with Crippen molar-refractivity contribution in [2.45, 2.75) is 38.1 Å². The van der Waals surface area contributed by atoms with Crippen molar-refractivity contribution in [1.82, 2.24) is 20.4 Å². The Bertz CT molecular complexity index is 720. The van der Waals surface area contributed by atoms with Gasteiger partial charge in [-0.3, -0.25) is 4.79 Å². The topological polar surface area (TPSA) is 80.5 Å². The molecule has 2 heterocycles. The monoisotopic (exact) mass is 394 g/mol. The van der Waals surface area contributed by atoms with Crippen molar-refractivity contribution in [2.24, 2.45) is 0 Å². The van der Waals surface area contributed by atoms with Crippen molar-refractivity contribution >= 4 is 18.3 Å². The number of methoxy groups -OCH3 is 1. The highest BCUT2D eigenvalue weighted by atomic mass is 35.5. The van der Waals surface area contributed by atoms with Crippen molar-refractivity contribution in [3.05, 3.63) is 30.2 Å². The molecule has 0 bridgehead atoms. The van der Waals surface area contributed by atoms with Gasteiger partial charge in [-0.1, -0.05) is 5.16 Å². The minimum absolute atomic E-state index is 0. The molecule has 1 aliphatic rings. The first-order chi connectivity index (χ1) is 12.7. The number of likely N-dealkylation sites (tertiary alicyclic amines) is 1. The highest BCUT2D eigenvalue weighted by Gasteiger charge is 2.22. The second-order valence-corrected chi connectivity index (χ2v) is 6.56. The predicted molar refractivity (Wildman–Crippen MR) is 105 cm³/mol. The lowest BCUT2D eigenvalue weighted by molar-refractivity contribution is -0.132. The van der Waals surface area contributed by atoms with Crippen molar-refractivity contribution < 1.29 is 14.1 Å². The minimum atomic E-state index is 0. The molecule has 0 radical (unpaired) electrons. The Morgan fingerprint density at radius 2 is 2.15 bits per heavy atom. The second-order valence-electron chi connectivity index (χ2n) is 6.56. The van der Waals surface area contributed by atoms with E-state index in [4.69, 9.17) is 9.26 Å². The number of benzene rings is 1. The zero-order chi connectivity index (χ0) is 18.4. The lowest BCUT2D eigenvalue weighted by Crippen LogP contribution is -2.46. The van der Waals surface area contributed by atoms with E-state index in [-0.39, 0.29) is 18.3 Å². The number of nitrogens with one attached hydrogen (secondary N) is 1. The van der Waals surface area contributed by atoms with Crippen molar-refractivity contribution in [1.29, 1.82) is 0 Å². The van der Waals surface area contributed by atoms with Crippen LogP contribution in [0.1, 0.15) is 31.6 Å². The molecular formula is C19H27ClN4O3. The fourth-order valence-electron chi connectivity index (χ4n) is 3.20. The number of rotatable bonds is 7. The molecule has 148 valence electrons. The molecular weight excluding hydrogens is 368 g/mol. The molecule has 1 amide bonds. The lowest BCUT2D eigenvalue weighted by Gasteiger charge is -2.32. The molecule has 1 aromatic carbocycles. The fourth-order valence-corrected chi connectivity index (χ4v) is 3.20. The van der Waals surface area contributed by atoms with E-state index < -0.39 is 0 Å². The molecule has 0 spiro atoms. The van der Waals surface area contributed by atoms with Crippen LogP contribution in [0.5, 0.6) is 5.75 Å². The smallest absolute Gasteiger partial charge is 0.226 e. The van der Waals surface area contributed by atoms with E-state index in [2.05, 4.69) is 15.5 Å². The Hall–Kier alpha value is -2.12. The van der Waals surface area contributed by atoms with E-state index >= 15 is 0 Å².